The van der Waals surface area contributed by atoms with Crippen LogP contribution in [0.2, 0.25) is 0 Å². The van der Waals surface area contributed by atoms with Crippen LogP contribution in [0.4, 0.5) is 11.8 Å². The minimum atomic E-state index is 0.256. The Morgan fingerprint density at radius 2 is 1.81 bits per heavy atom. The Morgan fingerprint density at radius 3 is 2.50 bits per heavy atom. The lowest BCUT2D eigenvalue weighted by molar-refractivity contribution is 0.122. The summed E-state index contributed by atoms with van der Waals surface area (Å²) in [6.07, 6.45) is 4.35. The number of hydrogen-bond acceptors (Lipinski definition) is 8. The van der Waals surface area contributed by atoms with E-state index in [4.69, 9.17) is 20.4 Å². The Labute approximate surface area is 153 Å². The Kier molecular flexibility index (Phi) is 4.69. The number of fused-ring (bicyclic) bond motifs is 1. The second-order valence-electron chi connectivity index (χ2n) is 7.04. The van der Waals surface area contributed by atoms with E-state index < -0.39 is 0 Å². The van der Waals surface area contributed by atoms with Crippen molar-refractivity contribution in [2.75, 3.05) is 43.5 Å². The van der Waals surface area contributed by atoms with Crippen molar-refractivity contribution in [3.63, 3.8) is 0 Å². The van der Waals surface area contributed by atoms with Crippen molar-refractivity contribution in [3.05, 3.63) is 23.7 Å². The molecule has 2 aliphatic heterocycles. The smallest absolute Gasteiger partial charge is 0.219 e. The van der Waals surface area contributed by atoms with Crippen LogP contribution in [0.1, 0.15) is 25.1 Å². The van der Waals surface area contributed by atoms with Crippen molar-refractivity contribution in [1.82, 2.24) is 24.8 Å². The monoisotopic (exact) mass is 355 g/mol. The molecule has 0 aromatic carbocycles. The highest BCUT2D eigenvalue weighted by molar-refractivity contribution is 5.60. The molecule has 0 spiro atoms. The van der Waals surface area contributed by atoms with Crippen molar-refractivity contribution < 1.29 is 4.74 Å². The lowest BCUT2D eigenvalue weighted by Gasteiger charge is -2.35. The summed E-state index contributed by atoms with van der Waals surface area (Å²) in [7, 11) is 0. The first-order valence-corrected chi connectivity index (χ1v) is 9.16. The molecule has 0 aliphatic carbocycles. The van der Waals surface area contributed by atoms with Gasteiger partial charge in [0.25, 0.3) is 0 Å². The largest absolute Gasteiger partial charge is 0.378 e. The van der Waals surface area contributed by atoms with Gasteiger partial charge in [0.15, 0.2) is 5.82 Å². The molecule has 4 heterocycles. The quantitative estimate of drug-likeness (QED) is 0.875. The van der Waals surface area contributed by atoms with E-state index in [0.29, 0.717) is 11.9 Å². The molecule has 8 heteroatoms. The average Bonchev–Trinajstić information content (AvgIpc) is 2.68. The third-order valence-electron chi connectivity index (χ3n) is 5.04. The molecule has 2 aromatic rings. The van der Waals surface area contributed by atoms with Crippen LogP contribution < -0.4 is 10.6 Å². The van der Waals surface area contributed by atoms with Gasteiger partial charge in [-0.15, -0.1) is 0 Å². The Morgan fingerprint density at radius 1 is 1.08 bits per heavy atom. The van der Waals surface area contributed by atoms with Crippen molar-refractivity contribution >= 4 is 11.8 Å². The first-order chi connectivity index (χ1) is 12.6. The SMILES string of the molecule is CC(C)N1CCc2c(nc(-c3cnc(N)nc3)nc2N2CCOCC2)C1. The topological polar surface area (TPSA) is 93.3 Å². The van der Waals surface area contributed by atoms with E-state index in [-0.39, 0.29) is 5.95 Å². The maximum Gasteiger partial charge on any atom is 0.219 e. The third kappa shape index (κ3) is 3.34. The van der Waals surface area contributed by atoms with Crippen molar-refractivity contribution in [3.8, 4) is 11.4 Å². The molecule has 0 amide bonds. The van der Waals surface area contributed by atoms with Gasteiger partial charge in [-0.1, -0.05) is 0 Å². The maximum atomic E-state index is 5.62. The van der Waals surface area contributed by atoms with E-state index in [1.165, 1.54) is 5.56 Å². The fraction of sp³-hybridized carbons (Fsp3) is 0.556. The van der Waals surface area contributed by atoms with Crippen LogP contribution in [0.25, 0.3) is 11.4 Å². The van der Waals surface area contributed by atoms with Crippen LogP contribution in [0, 0.1) is 0 Å². The summed E-state index contributed by atoms with van der Waals surface area (Å²) in [5.74, 6) is 1.95. The maximum absolute atomic E-state index is 5.62. The normalized spacial score (nSPS) is 18.2. The molecule has 0 bridgehead atoms. The van der Waals surface area contributed by atoms with Crippen LogP contribution in [-0.2, 0) is 17.7 Å². The standard InChI is InChI=1S/C18H25N7O/c1-12(2)25-4-3-14-15(11-25)22-16(13-9-20-18(19)21-10-13)23-17(14)24-5-7-26-8-6-24/h9-10,12H,3-8,11H2,1-2H3,(H2,19,20,21). The van der Waals surface area contributed by atoms with Gasteiger partial charge in [-0.25, -0.2) is 19.9 Å². The zero-order valence-corrected chi connectivity index (χ0v) is 15.4. The second-order valence-corrected chi connectivity index (χ2v) is 7.04. The highest BCUT2D eigenvalue weighted by atomic mass is 16.5. The van der Waals surface area contributed by atoms with E-state index in [0.717, 1.165) is 62.9 Å². The van der Waals surface area contributed by atoms with Gasteiger partial charge in [0.05, 0.1) is 24.5 Å². The highest BCUT2D eigenvalue weighted by Crippen LogP contribution is 2.30. The van der Waals surface area contributed by atoms with Gasteiger partial charge < -0.3 is 15.4 Å². The van der Waals surface area contributed by atoms with Crippen LogP contribution in [0.15, 0.2) is 12.4 Å². The first-order valence-electron chi connectivity index (χ1n) is 9.16. The molecular weight excluding hydrogens is 330 g/mol. The summed E-state index contributed by atoms with van der Waals surface area (Å²) in [5, 5.41) is 0. The predicted molar refractivity (Wildman–Crippen MR) is 99.8 cm³/mol. The minimum Gasteiger partial charge on any atom is -0.378 e. The molecule has 2 N–H and O–H groups in total. The molecule has 138 valence electrons. The molecule has 2 aromatic heterocycles. The molecule has 0 unspecified atom stereocenters. The summed E-state index contributed by atoms with van der Waals surface area (Å²) in [4.78, 5) is 22.7. The van der Waals surface area contributed by atoms with E-state index >= 15 is 0 Å². The van der Waals surface area contributed by atoms with Crippen LogP contribution in [0.3, 0.4) is 0 Å². The van der Waals surface area contributed by atoms with E-state index in [1.807, 2.05) is 0 Å². The number of anilines is 2. The van der Waals surface area contributed by atoms with Crippen LogP contribution in [-0.4, -0.2) is 63.7 Å². The number of morpholine rings is 1. The number of nitrogen functional groups attached to an aromatic ring is 1. The lowest BCUT2D eigenvalue weighted by Crippen LogP contribution is -2.40. The molecule has 0 saturated carbocycles. The Bertz CT molecular complexity index is 772. The molecule has 2 aliphatic rings. The van der Waals surface area contributed by atoms with Crippen LogP contribution >= 0.6 is 0 Å². The summed E-state index contributed by atoms with van der Waals surface area (Å²) < 4.78 is 5.51. The number of rotatable bonds is 3. The second kappa shape index (κ2) is 7.13. The lowest BCUT2D eigenvalue weighted by atomic mass is 10.0. The van der Waals surface area contributed by atoms with Crippen LogP contribution in [0.5, 0.6) is 0 Å². The first kappa shape index (κ1) is 17.1. The number of aromatic nitrogens is 4. The molecule has 1 fully saturated rings. The van der Waals surface area contributed by atoms with E-state index in [9.17, 15) is 0 Å². The van der Waals surface area contributed by atoms with Gasteiger partial charge in [-0.3, -0.25) is 4.90 Å². The van der Waals surface area contributed by atoms with Gasteiger partial charge in [-0.05, 0) is 20.3 Å². The number of nitrogens with two attached hydrogens (primary N) is 1. The molecule has 26 heavy (non-hydrogen) atoms. The van der Waals surface area contributed by atoms with Gasteiger partial charge in [0.2, 0.25) is 5.95 Å². The van der Waals surface area contributed by atoms with Crippen molar-refractivity contribution in [2.45, 2.75) is 32.9 Å². The zero-order valence-electron chi connectivity index (χ0n) is 15.4. The summed E-state index contributed by atoms with van der Waals surface area (Å²) in [5.41, 5.74) is 8.78. The fourth-order valence-electron chi connectivity index (χ4n) is 3.49. The van der Waals surface area contributed by atoms with Gasteiger partial charge >= 0.3 is 0 Å². The van der Waals surface area contributed by atoms with Crippen molar-refractivity contribution in [2.24, 2.45) is 0 Å². The molecule has 0 radical (unpaired) electrons. The molecule has 1 saturated heterocycles. The summed E-state index contributed by atoms with van der Waals surface area (Å²) >= 11 is 0. The average molecular weight is 355 g/mol. The van der Waals surface area contributed by atoms with E-state index in [1.54, 1.807) is 12.4 Å². The Hall–Kier alpha value is -2.32. The summed E-state index contributed by atoms with van der Waals surface area (Å²) in [6.45, 7) is 9.51. The number of nitrogens with zero attached hydrogens (tertiary/aromatic N) is 6. The van der Waals surface area contributed by atoms with Crippen molar-refractivity contribution in [1.29, 1.82) is 0 Å². The van der Waals surface area contributed by atoms with Gasteiger partial charge in [0, 0.05) is 50.2 Å². The number of ether oxygens (including phenoxy) is 1. The third-order valence-corrected chi connectivity index (χ3v) is 5.04. The Balaban J connectivity index is 1.77. The van der Waals surface area contributed by atoms with Gasteiger partial charge in [0.1, 0.15) is 5.82 Å². The van der Waals surface area contributed by atoms with Gasteiger partial charge in [-0.2, -0.15) is 0 Å². The molecule has 4 rings (SSSR count). The predicted octanol–water partition coefficient (Wildman–Crippen LogP) is 1.12. The number of hydrogen-bond donors (Lipinski definition) is 1. The summed E-state index contributed by atoms with van der Waals surface area (Å²) in [6, 6.07) is 0.494. The zero-order chi connectivity index (χ0) is 18.1. The molecule has 8 nitrogen and oxygen atoms in total. The fourth-order valence-corrected chi connectivity index (χ4v) is 3.49. The molecular formula is C18H25N7O. The minimum absolute atomic E-state index is 0.256. The van der Waals surface area contributed by atoms with E-state index in [2.05, 4.69) is 33.6 Å². The highest BCUT2D eigenvalue weighted by Gasteiger charge is 2.27. The molecule has 0 atom stereocenters.